The molecule has 5 heteroatoms. The molecular weight excluding hydrogens is 346 g/mol. The Morgan fingerprint density at radius 1 is 1.00 bits per heavy atom. The van der Waals surface area contributed by atoms with Gasteiger partial charge in [-0.05, 0) is 62.4 Å². The van der Waals surface area contributed by atoms with Crippen molar-refractivity contribution in [1.82, 2.24) is 4.90 Å². The normalized spacial score (nSPS) is 15.1. The molecule has 1 heterocycles. The molecule has 1 saturated heterocycles. The molecule has 138 valence electrons. The molecule has 4 nitrogen and oxygen atoms in total. The summed E-state index contributed by atoms with van der Waals surface area (Å²) in [5.41, 5.74) is 3.01. The highest BCUT2D eigenvalue weighted by Crippen LogP contribution is 2.22. The van der Waals surface area contributed by atoms with Gasteiger partial charge in [-0.2, -0.15) is 0 Å². The Morgan fingerprint density at radius 3 is 2.42 bits per heavy atom. The number of rotatable bonds is 4. The largest absolute Gasteiger partial charge is 0.339 e. The first-order valence-corrected chi connectivity index (χ1v) is 10.7. The van der Waals surface area contributed by atoms with Crippen LogP contribution in [0.15, 0.2) is 47.4 Å². The maximum atomic E-state index is 12.8. The fourth-order valence-corrected chi connectivity index (χ4v) is 5.12. The highest BCUT2D eigenvalue weighted by atomic mass is 32.2. The molecule has 1 aliphatic heterocycles. The van der Waals surface area contributed by atoms with Crippen LogP contribution >= 0.6 is 0 Å². The van der Waals surface area contributed by atoms with Crippen molar-refractivity contribution in [2.75, 3.05) is 13.1 Å². The number of hydrogen-bond donors (Lipinski definition) is 0. The van der Waals surface area contributed by atoms with E-state index < -0.39 is 9.84 Å². The topological polar surface area (TPSA) is 54.5 Å². The molecule has 26 heavy (non-hydrogen) atoms. The molecule has 0 unspecified atom stereocenters. The van der Waals surface area contributed by atoms with Crippen LogP contribution in [0.25, 0.3) is 0 Å². The molecule has 0 aliphatic carbocycles. The number of likely N-dealkylation sites (tertiary alicyclic amines) is 1. The lowest BCUT2D eigenvalue weighted by atomic mass is 10.1. The van der Waals surface area contributed by atoms with Crippen LogP contribution < -0.4 is 0 Å². The second-order valence-electron chi connectivity index (χ2n) is 7.08. The molecule has 0 N–H and O–H groups in total. The average Bonchev–Trinajstić information content (AvgIpc) is 2.61. The maximum absolute atomic E-state index is 12.8. The zero-order chi connectivity index (χ0) is 18.7. The van der Waals surface area contributed by atoms with Gasteiger partial charge in [0.25, 0.3) is 5.91 Å². The number of carbonyl (C=O) groups excluding carboxylic acids is 1. The Kier molecular flexibility index (Phi) is 5.47. The van der Waals surface area contributed by atoms with Crippen LogP contribution in [-0.2, 0) is 15.6 Å². The van der Waals surface area contributed by atoms with E-state index in [4.69, 9.17) is 0 Å². The Hall–Kier alpha value is -2.14. The van der Waals surface area contributed by atoms with E-state index >= 15 is 0 Å². The van der Waals surface area contributed by atoms with Gasteiger partial charge in [0.05, 0.1) is 10.6 Å². The lowest BCUT2D eigenvalue weighted by Crippen LogP contribution is -2.35. The van der Waals surface area contributed by atoms with Gasteiger partial charge in [0.1, 0.15) is 0 Å². The van der Waals surface area contributed by atoms with Gasteiger partial charge in [-0.1, -0.05) is 29.8 Å². The third-order valence-electron chi connectivity index (χ3n) is 4.84. The van der Waals surface area contributed by atoms with Crippen molar-refractivity contribution < 1.29 is 13.2 Å². The lowest BCUT2D eigenvalue weighted by molar-refractivity contribution is 0.0724. The molecule has 2 aromatic rings. The number of carbonyl (C=O) groups is 1. The minimum Gasteiger partial charge on any atom is -0.339 e. The van der Waals surface area contributed by atoms with E-state index in [-0.39, 0.29) is 11.7 Å². The zero-order valence-corrected chi connectivity index (χ0v) is 16.2. The first kappa shape index (κ1) is 18.6. The van der Waals surface area contributed by atoms with E-state index in [1.54, 1.807) is 30.3 Å². The van der Waals surface area contributed by atoms with Gasteiger partial charge < -0.3 is 4.90 Å². The molecule has 2 aromatic carbocycles. The van der Waals surface area contributed by atoms with Crippen LogP contribution in [0.5, 0.6) is 0 Å². The van der Waals surface area contributed by atoms with E-state index in [0.29, 0.717) is 16.0 Å². The van der Waals surface area contributed by atoms with E-state index in [1.807, 2.05) is 30.9 Å². The Labute approximate surface area is 155 Å². The summed E-state index contributed by atoms with van der Waals surface area (Å²) in [6, 6.07) is 12.4. The quantitative estimate of drug-likeness (QED) is 0.819. The molecule has 0 atom stereocenters. The van der Waals surface area contributed by atoms with E-state index in [0.717, 1.165) is 43.5 Å². The van der Waals surface area contributed by atoms with Crippen molar-refractivity contribution in [2.45, 2.75) is 43.8 Å². The average molecular weight is 372 g/mol. The minimum atomic E-state index is -3.45. The van der Waals surface area contributed by atoms with Crippen LogP contribution in [0.2, 0.25) is 0 Å². The molecule has 3 rings (SSSR count). The van der Waals surface area contributed by atoms with Crippen molar-refractivity contribution >= 4 is 15.7 Å². The van der Waals surface area contributed by atoms with Crippen LogP contribution in [-0.4, -0.2) is 32.3 Å². The molecule has 1 aliphatic rings. The summed E-state index contributed by atoms with van der Waals surface area (Å²) >= 11 is 0. The number of aryl methyl sites for hydroxylation is 2. The van der Waals surface area contributed by atoms with Gasteiger partial charge in [0.2, 0.25) is 0 Å². The molecule has 1 fully saturated rings. The van der Waals surface area contributed by atoms with E-state index in [9.17, 15) is 13.2 Å². The molecule has 0 aromatic heterocycles. The van der Waals surface area contributed by atoms with Crippen molar-refractivity contribution in [1.29, 1.82) is 0 Å². The summed E-state index contributed by atoms with van der Waals surface area (Å²) in [4.78, 5) is 14.9. The summed E-state index contributed by atoms with van der Waals surface area (Å²) < 4.78 is 25.6. The molecule has 1 amide bonds. The summed E-state index contributed by atoms with van der Waals surface area (Å²) in [6.45, 7) is 5.32. The number of amides is 1. The summed E-state index contributed by atoms with van der Waals surface area (Å²) in [5, 5.41) is 0. The highest BCUT2D eigenvalue weighted by molar-refractivity contribution is 7.90. The number of benzene rings is 2. The zero-order valence-electron chi connectivity index (χ0n) is 15.4. The second kappa shape index (κ2) is 7.62. The van der Waals surface area contributed by atoms with Gasteiger partial charge in [0, 0.05) is 18.7 Å². The lowest BCUT2D eigenvalue weighted by Gasteiger charge is -2.26. The van der Waals surface area contributed by atoms with Crippen LogP contribution in [0.4, 0.5) is 0 Å². The number of nitrogens with zero attached hydrogens (tertiary/aromatic N) is 1. The highest BCUT2D eigenvalue weighted by Gasteiger charge is 2.21. The Bertz CT molecular complexity index is 913. The van der Waals surface area contributed by atoms with Gasteiger partial charge in [-0.15, -0.1) is 0 Å². The van der Waals surface area contributed by atoms with Crippen LogP contribution in [0.1, 0.15) is 46.3 Å². The SMILES string of the molecule is Cc1ccc(S(=O)(=O)Cc2cccc(C(=O)N3CCCCC3)c2)c(C)c1. The summed E-state index contributed by atoms with van der Waals surface area (Å²) in [7, 11) is -3.45. The van der Waals surface area contributed by atoms with Crippen molar-refractivity contribution in [2.24, 2.45) is 0 Å². The number of hydrogen-bond acceptors (Lipinski definition) is 3. The number of piperidine rings is 1. The van der Waals surface area contributed by atoms with E-state index in [2.05, 4.69) is 0 Å². The molecular formula is C21H25NO3S. The van der Waals surface area contributed by atoms with Crippen LogP contribution in [0, 0.1) is 13.8 Å². The van der Waals surface area contributed by atoms with Crippen molar-refractivity contribution in [3.8, 4) is 0 Å². The van der Waals surface area contributed by atoms with Gasteiger partial charge >= 0.3 is 0 Å². The standard InChI is InChI=1S/C21H25NO3S/c1-16-9-10-20(17(2)13-16)26(24,25)15-18-7-6-8-19(14-18)21(23)22-11-4-3-5-12-22/h6-10,13-14H,3-5,11-12,15H2,1-2H3. The fraction of sp³-hybridized carbons (Fsp3) is 0.381. The molecule has 0 bridgehead atoms. The first-order valence-electron chi connectivity index (χ1n) is 9.05. The molecule has 0 radical (unpaired) electrons. The van der Waals surface area contributed by atoms with Crippen molar-refractivity contribution in [3.63, 3.8) is 0 Å². The van der Waals surface area contributed by atoms with Crippen molar-refractivity contribution in [3.05, 3.63) is 64.7 Å². The predicted molar refractivity (Wildman–Crippen MR) is 103 cm³/mol. The monoisotopic (exact) mass is 371 g/mol. The van der Waals surface area contributed by atoms with E-state index in [1.165, 1.54) is 0 Å². The molecule has 0 spiro atoms. The first-order chi connectivity index (χ1) is 12.4. The number of sulfone groups is 1. The smallest absolute Gasteiger partial charge is 0.253 e. The second-order valence-corrected chi connectivity index (χ2v) is 9.04. The predicted octanol–water partition coefficient (Wildman–Crippen LogP) is 3.90. The minimum absolute atomic E-state index is 0.00420. The Balaban J connectivity index is 1.82. The third kappa shape index (κ3) is 4.15. The summed E-state index contributed by atoms with van der Waals surface area (Å²) in [6.07, 6.45) is 3.23. The fourth-order valence-electron chi connectivity index (χ4n) is 3.52. The summed E-state index contributed by atoms with van der Waals surface area (Å²) in [5.74, 6) is -0.103. The third-order valence-corrected chi connectivity index (χ3v) is 6.68. The van der Waals surface area contributed by atoms with Gasteiger partial charge in [0.15, 0.2) is 9.84 Å². The molecule has 0 saturated carbocycles. The van der Waals surface area contributed by atoms with Gasteiger partial charge in [-0.25, -0.2) is 8.42 Å². The maximum Gasteiger partial charge on any atom is 0.253 e. The van der Waals surface area contributed by atoms with Crippen LogP contribution in [0.3, 0.4) is 0 Å². The Morgan fingerprint density at radius 2 is 1.73 bits per heavy atom. The van der Waals surface area contributed by atoms with Gasteiger partial charge in [-0.3, -0.25) is 4.79 Å².